The highest BCUT2D eigenvalue weighted by Gasteiger charge is 2.47. The van der Waals surface area contributed by atoms with Crippen LogP contribution < -0.4 is 10.0 Å². The van der Waals surface area contributed by atoms with E-state index in [0.717, 1.165) is 19.3 Å². The minimum Gasteiger partial charge on any atom is -0.382 e. The maximum Gasteiger partial charge on any atom is 0.263 e. The molecule has 0 unspecified atom stereocenters. The van der Waals surface area contributed by atoms with Gasteiger partial charge in [-0.25, -0.2) is 13.4 Å². The van der Waals surface area contributed by atoms with E-state index in [-0.39, 0.29) is 15.6 Å². The number of aromatic nitrogens is 1. The van der Waals surface area contributed by atoms with Gasteiger partial charge in [-0.15, -0.1) is 0 Å². The van der Waals surface area contributed by atoms with Gasteiger partial charge in [0.15, 0.2) is 10.3 Å². The van der Waals surface area contributed by atoms with Crippen molar-refractivity contribution in [2.24, 2.45) is 0 Å². The molecule has 0 spiro atoms. The quantitative estimate of drug-likeness (QED) is 0.699. The van der Waals surface area contributed by atoms with Gasteiger partial charge in [-0.2, -0.15) is 4.39 Å². The van der Waals surface area contributed by atoms with E-state index in [1.54, 1.807) is 6.07 Å². The van der Waals surface area contributed by atoms with Crippen LogP contribution in [0.5, 0.6) is 0 Å². The average molecular weight is 445 g/mol. The van der Waals surface area contributed by atoms with Gasteiger partial charge in [0.25, 0.3) is 10.0 Å². The molecule has 2 atom stereocenters. The van der Waals surface area contributed by atoms with Crippen molar-refractivity contribution in [2.75, 3.05) is 23.1 Å². The van der Waals surface area contributed by atoms with Gasteiger partial charge in [0.2, 0.25) is 0 Å². The van der Waals surface area contributed by atoms with Crippen molar-refractivity contribution in [2.45, 2.75) is 49.1 Å². The Bertz CT molecular complexity index is 984. The Hall–Kier alpha value is -1.42. The fraction of sp³-hybridized carbons (Fsp3) is 0.500. The molecule has 2 aliphatic heterocycles. The highest BCUT2D eigenvalue weighted by Crippen LogP contribution is 2.42. The molecule has 2 saturated heterocycles. The van der Waals surface area contributed by atoms with E-state index in [1.807, 2.05) is 0 Å². The smallest absolute Gasteiger partial charge is 0.263 e. The van der Waals surface area contributed by atoms with E-state index in [4.69, 9.17) is 11.6 Å². The summed E-state index contributed by atoms with van der Waals surface area (Å²) in [6.07, 6.45) is 5.72. The molecular weight excluding hydrogens is 423 g/mol. The van der Waals surface area contributed by atoms with Crippen LogP contribution >= 0.6 is 22.9 Å². The van der Waals surface area contributed by atoms with Crippen molar-refractivity contribution in [1.29, 1.82) is 0 Å². The monoisotopic (exact) mass is 444 g/mol. The summed E-state index contributed by atoms with van der Waals surface area (Å²) < 4.78 is 40.3. The second-order valence-electron chi connectivity index (χ2n) is 7.48. The molecule has 0 saturated carbocycles. The lowest BCUT2D eigenvalue weighted by Gasteiger charge is -2.34. The summed E-state index contributed by atoms with van der Waals surface area (Å²) >= 11 is 6.98. The zero-order valence-corrected chi connectivity index (χ0v) is 17.8. The molecule has 2 aliphatic rings. The van der Waals surface area contributed by atoms with Gasteiger partial charge in [-0.05, 0) is 57.4 Å². The number of hydrogen-bond donors (Lipinski definition) is 2. The van der Waals surface area contributed by atoms with Gasteiger partial charge in [0.1, 0.15) is 0 Å². The molecule has 0 radical (unpaired) electrons. The number of rotatable bonds is 6. The molecule has 2 aromatic rings. The average Bonchev–Trinajstić information content (AvgIpc) is 3.31. The van der Waals surface area contributed by atoms with Crippen LogP contribution in [0.25, 0.3) is 0 Å². The minimum atomic E-state index is -3.88. The molecule has 10 heteroatoms. The van der Waals surface area contributed by atoms with Crippen LogP contribution in [0.1, 0.15) is 32.6 Å². The molecule has 3 heterocycles. The number of thiazole rings is 1. The number of nitrogens with zero attached hydrogens (tertiary/aromatic N) is 2. The first kappa shape index (κ1) is 19.9. The summed E-state index contributed by atoms with van der Waals surface area (Å²) in [5.41, 5.74) is 0.880. The lowest BCUT2D eigenvalue weighted by atomic mass is 9.94. The first-order valence-corrected chi connectivity index (χ1v) is 11.9. The van der Waals surface area contributed by atoms with Crippen molar-refractivity contribution < 1.29 is 12.8 Å². The SMILES string of the molecule is C[C@H]1CC[C@]2(CNc3ccc(S(=O)(=O)Nc4ncc(F)s4)cc3Cl)CCCN12. The predicted molar refractivity (Wildman–Crippen MR) is 110 cm³/mol. The topological polar surface area (TPSA) is 74.3 Å². The lowest BCUT2D eigenvalue weighted by Crippen LogP contribution is -2.46. The predicted octanol–water partition coefficient (Wildman–Crippen LogP) is 4.17. The van der Waals surface area contributed by atoms with Gasteiger partial charge >= 0.3 is 0 Å². The van der Waals surface area contributed by atoms with E-state index >= 15 is 0 Å². The zero-order valence-electron chi connectivity index (χ0n) is 15.4. The second-order valence-corrected chi connectivity index (χ2v) is 10.5. The van der Waals surface area contributed by atoms with Gasteiger partial charge in [-0.3, -0.25) is 9.62 Å². The zero-order chi connectivity index (χ0) is 19.9. The molecule has 6 nitrogen and oxygen atoms in total. The van der Waals surface area contributed by atoms with Crippen molar-refractivity contribution in [3.05, 3.63) is 34.5 Å². The van der Waals surface area contributed by atoms with Gasteiger partial charge in [0.05, 0.1) is 21.8 Å². The highest BCUT2D eigenvalue weighted by molar-refractivity contribution is 7.93. The summed E-state index contributed by atoms with van der Waals surface area (Å²) in [7, 11) is -3.88. The number of nitrogens with one attached hydrogen (secondary N) is 2. The van der Waals surface area contributed by atoms with Crippen LogP contribution in [-0.4, -0.2) is 43.0 Å². The molecule has 4 rings (SSSR count). The number of fused-ring (bicyclic) bond motifs is 1. The minimum absolute atomic E-state index is 0.00815. The van der Waals surface area contributed by atoms with E-state index in [9.17, 15) is 12.8 Å². The number of hydrogen-bond acceptors (Lipinski definition) is 6. The molecule has 2 N–H and O–H groups in total. The Kier molecular flexibility index (Phi) is 5.28. The fourth-order valence-electron chi connectivity index (χ4n) is 4.37. The molecule has 0 bridgehead atoms. The second kappa shape index (κ2) is 7.44. The fourth-order valence-corrected chi connectivity index (χ4v) is 6.49. The molecule has 2 fully saturated rings. The Balaban J connectivity index is 1.47. The van der Waals surface area contributed by atoms with Gasteiger partial charge < -0.3 is 5.32 Å². The van der Waals surface area contributed by atoms with Crippen molar-refractivity contribution in [3.63, 3.8) is 0 Å². The van der Waals surface area contributed by atoms with Gasteiger partial charge in [-0.1, -0.05) is 22.9 Å². The largest absolute Gasteiger partial charge is 0.382 e. The van der Waals surface area contributed by atoms with Crippen LogP contribution in [0.2, 0.25) is 5.02 Å². The highest BCUT2D eigenvalue weighted by atomic mass is 35.5. The Morgan fingerprint density at radius 2 is 2.25 bits per heavy atom. The summed E-state index contributed by atoms with van der Waals surface area (Å²) in [5, 5.41) is 3.17. The molecule has 152 valence electrons. The van der Waals surface area contributed by atoms with Gasteiger partial charge in [0, 0.05) is 18.1 Å². The Morgan fingerprint density at radius 3 is 2.96 bits per heavy atom. The third-order valence-electron chi connectivity index (χ3n) is 5.77. The van der Waals surface area contributed by atoms with E-state index in [0.29, 0.717) is 28.1 Å². The summed E-state index contributed by atoms with van der Waals surface area (Å²) in [4.78, 5) is 6.27. The lowest BCUT2D eigenvalue weighted by molar-refractivity contribution is 0.170. The van der Waals surface area contributed by atoms with Crippen molar-refractivity contribution >= 4 is 43.8 Å². The number of halogens is 2. The Labute approximate surface area is 173 Å². The maximum absolute atomic E-state index is 13.0. The summed E-state index contributed by atoms with van der Waals surface area (Å²) in [6.45, 7) is 4.21. The number of benzene rings is 1. The first-order valence-electron chi connectivity index (χ1n) is 9.23. The third-order valence-corrected chi connectivity index (χ3v) is 8.25. The van der Waals surface area contributed by atoms with E-state index in [2.05, 4.69) is 26.8 Å². The van der Waals surface area contributed by atoms with Crippen LogP contribution in [-0.2, 0) is 10.0 Å². The van der Waals surface area contributed by atoms with Crippen LogP contribution in [0.15, 0.2) is 29.3 Å². The molecule has 1 aromatic heterocycles. The van der Waals surface area contributed by atoms with Crippen LogP contribution in [0, 0.1) is 5.13 Å². The Morgan fingerprint density at radius 1 is 1.43 bits per heavy atom. The molecular formula is C18H22ClFN4O2S2. The van der Waals surface area contributed by atoms with E-state index in [1.165, 1.54) is 37.8 Å². The van der Waals surface area contributed by atoms with Crippen LogP contribution in [0.4, 0.5) is 15.2 Å². The summed E-state index contributed by atoms with van der Waals surface area (Å²) in [5.74, 6) is 0. The molecule has 0 amide bonds. The summed E-state index contributed by atoms with van der Waals surface area (Å²) in [6, 6.07) is 5.17. The van der Waals surface area contributed by atoms with Crippen molar-refractivity contribution in [1.82, 2.24) is 9.88 Å². The number of sulfonamides is 1. The molecule has 1 aromatic carbocycles. The molecule has 0 aliphatic carbocycles. The van der Waals surface area contributed by atoms with Crippen LogP contribution in [0.3, 0.4) is 0 Å². The van der Waals surface area contributed by atoms with Crippen molar-refractivity contribution in [3.8, 4) is 0 Å². The van der Waals surface area contributed by atoms with E-state index < -0.39 is 15.2 Å². The number of anilines is 2. The maximum atomic E-state index is 13.0. The third kappa shape index (κ3) is 3.72. The first-order chi connectivity index (χ1) is 13.3. The molecule has 28 heavy (non-hydrogen) atoms. The standard InChI is InChI=1S/C18H22ClFN4O2S2/c1-12-5-7-18(6-2-8-24(12)18)11-22-15-4-3-13(9-14(15)19)28(25,26)23-17-21-10-16(20)27-17/h3-4,9-10,12,22H,2,5-8,11H2,1H3,(H,21,23)/t12-,18-/m0/s1. The normalized spacial score (nSPS) is 25.0.